The highest BCUT2D eigenvalue weighted by molar-refractivity contribution is 6.32. The van der Waals surface area contributed by atoms with Crippen LogP contribution in [-0.4, -0.2) is 6.61 Å². The van der Waals surface area contributed by atoms with Gasteiger partial charge in [-0.25, -0.2) is 4.79 Å². The van der Waals surface area contributed by atoms with E-state index in [0.29, 0.717) is 6.07 Å². The highest BCUT2D eigenvalue weighted by Crippen LogP contribution is 2.37. The van der Waals surface area contributed by atoms with Crippen LogP contribution in [0.15, 0.2) is 27.4 Å². The van der Waals surface area contributed by atoms with E-state index in [1.807, 2.05) is 0 Å². The molecule has 1 aromatic carbocycles. The molecule has 0 spiro atoms. The summed E-state index contributed by atoms with van der Waals surface area (Å²) in [4.78, 5) is 11.2. The topological polar surface area (TPSA) is 39.4 Å². The maximum absolute atomic E-state index is 12.8. The number of hydrogen-bond acceptors (Lipinski definition) is 3. The van der Waals surface area contributed by atoms with Gasteiger partial charge in [-0.1, -0.05) is 11.6 Å². The van der Waals surface area contributed by atoms with Gasteiger partial charge in [-0.15, -0.1) is 0 Å². The monoisotopic (exact) mass is 292 g/mol. The average molecular weight is 293 g/mol. The van der Waals surface area contributed by atoms with Crippen LogP contribution in [0.25, 0.3) is 11.0 Å². The summed E-state index contributed by atoms with van der Waals surface area (Å²) < 4.78 is 48.3. The van der Waals surface area contributed by atoms with Crippen molar-refractivity contribution in [1.82, 2.24) is 0 Å². The third-order valence-electron chi connectivity index (χ3n) is 2.40. The predicted molar refractivity (Wildman–Crippen MR) is 63.7 cm³/mol. The lowest BCUT2D eigenvalue weighted by molar-refractivity contribution is -0.136. The Morgan fingerprint density at radius 2 is 2.00 bits per heavy atom. The van der Waals surface area contributed by atoms with E-state index in [2.05, 4.69) is 0 Å². The minimum absolute atomic E-state index is 0.0219. The standard InChI is InChI=1S/C12H8ClF3O3/c1-2-18-10-5-9-6(3-8(10)13)7(12(14,15)16)4-11(17)19-9/h3-5H,2H2,1H3. The molecule has 0 amide bonds. The van der Waals surface area contributed by atoms with E-state index >= 15 is 0 Å². The van der Waals surface area contributed by atoms with E-state index in [-0.39, 0.29) is 28.3 Å². The fraction of sp³-hybridized carbons (Fsp3) is 0.250. The number of benzene rings is 1. The Bertz CT molecular complexity index is 676. The number of rotatable bonds is 2. The highest BCUT2D eigenvalue weighted by atomic mass is 35.5. The second-order valence-electron chi connectivity index (χ2n) is 3.69. The molecule has 2 aromatic rings. The first-order valence-corrected chi connectivity index (χ1v) is 5.68. The van der Waals surface area contributed by atoms with Gasteiger partial charge in [-0.05, 0) is 13.0 Å². The first-order valence-electron chi connectivity index (χ1n) is 5.30. The van der Waals surface area contributed by atoms with Crippen molar-refractivity contribution in [2.45, 2.75) is 13.1 Å². The second kappa shape index (κ2) is 4.77. The Kier molecular flexibility index (Phi) is 3.45. The van der Waals surface area contributed by atoms with Crippen molar-refractivity contribution < 1.29 is 22.3 Å². The van der Waals surface area contributed by atoms with Crippen molar-refractivity contribution in [3.63, 3.8) is 0 Å². The van der Waals surface area contributed by atoms with Crippen molar-refractivity contribution in [3.8, 4) is 5.75 Å². The normalized spacial score (nSPS) is 11.8. The van der Waals surface area contributed by atoms with Gasteiger partial charge in [0.15, 0.2) is 0 Å². The molecule has 0 aliphatic rings. The van der Waals surface area contributed by atoms with Gasteiger partial charge >= 0.3 is 11.8 Å². The number of alkyl halides is 3. The Balaban J connectivity index is 2.79. The fourth-order valence-electron chi connectivity index (χ4n) is 1.66. The molecule has 0 bridgehead atoms. The minimum Gasteiger partial charge on any atom is -0.492 e. The lowest BCUT2D eigenvalue weighted by atomic mass is 10.1. The number of ether oxygens (including phenoxy) is 1. The van der Waals surface area contributed by atoms with E-state index in [1.165, 1.54) is 6.07 Å². The van der Waals surface area contributed by atoms with E-state index in [9.17, 15) is 18.0 Å². The predicted octanol–water partition coefficient (Wildman–Crippen LogP) is 3.86. The average Bonchev–Trinajstić information content (AvgIpc) is 2.29. The van der Waals surface area contributed by atoms with Crippen LogP contribution in [0.5, 0.6) is 5.75 Å². The van der Waals surface area contributed by atoms with Crippen LogP contribution in [0.3, 0.4) is 0 Å². The molecular weight excluding hydrogens is 285 g/mol. The zero-order valence-electron chi connectivity index (χ0n) is 9.68. The molecule has 0 unspecified atom stereocenters. The molecule has 0 aliphatic heterocycles. The van der Waals surface area contributed by atoms with Crippen LogP contribution in [0.4, 0.5) is 13.2 Å². The molecule has 0 radical (unpaired) electrons. The van der Waals surface area contributed by atoms with Crippen molar-refractivity contribution in [2.24, 2.45) is 0 Å². The molecule has 102 valence electrons. The number of halogens is 4. The summed E-state index contributed by atoms with van der Waals surface area (Å²) in [6, 6.07) is 2.66. The van der Waals surface area contributed by atoms with Crippen molar-refractivity contribution in [3.05, 3.63) is 39.2 Å². The summed E-state index contributed by atoms with van der Waals surface area (Å²) >= 11 is 5.83. The summed E-state index contributed by atoms with van der Waals surface area (Å²) in [5, 5.41) is -0.255. The van der Waals surface area contributed by atoms with Crippen molar-refractivity contribution in [1.29, 1.82) is 0 Å². The van der Waals surface area contributed by atoms with Crippen LogP contribution in [0.1, 0.15) is 12.5 Å². The van der Waals surface area contributed by atoms with E-state index in [0.717, 1.165) is 6.07 Å². The molecule has 0 fully saturated rings. The maximum atomic E-state index is 12.8. The SMILES string of the molecule is CCOc1cc2oc(=O)cc(C(F)(F)F)c2cc1Cl. The lowest BCUT2D eigenvalue weighted by Crippen LogP contribution is -2.11. The molecule has 0 atom stereocenters. The van der Waals surface area contributed by atoms with Gasteiger partial charge in [-0.2, -0.15) is 13.2 Å². The van der Waals surface area contributed by atoms with Crippen LogP contribution < -0.4 is 10.4 Å². The molecule has 0 N–H and O–H groups in total. The molecule has 1 aromatic heterocycles. The minimum atomic E-state index is -4.66. The van der Waals surface area contributed by atoms with E-state index in [1.54, 1.807) is 6.92 Å². The van der Waals surface area contributed by atoms with Crippen molar-refractivity contribution >= 4 is 22.6 Å². The van der Waals surface area contributed by atoms with Crippen LogP contribution in [0, 0.1) is 0 Å². The van der Waals surface area contributed by atoms with Gasteiger partial charge in [0.2, 0.25) is 0 Å². The smallest absolute Gasteiger partial charge is 0.417 e. The molecule has 0 aliphatic carbocycles. The first-order chi connectivity index (χ1) is 8.82. The zero-order chi connectivity index (χ0) is 14.2. The van der Waals surface area contributed by atoms with Gasteiger partial charge in [-0.3, -0.25) is 0 Å². The largest absolute Gasteiger partial charge is 0.492 e. The van der Waals surface area contributed by atoms with Gasteiger partial charge in [0.25, 0.3) is 0 Å². The summed E-state index contributed by atoms with van der Waals surface area (Å²) in [6.45, 7) is 1.98. The summed E-state index contributed by atoms with van der Waals surface area (Å²) in [5.41, 5.74) is -2.37. The lowest BCUT2D eigenvalue weighted by Gasteiger charge is -2.11. The fourth-order valence-corrected chi connectivity index (χ4v) is 1.88. The van der Waals surface area contributed by atoms with Gasteiger partial charge in [0.1, 0.15) is 11.3 Å². The number of hydrogen-bond donors (Lipinski definition) is 0. The molecule has 7 heteroatoms. The maximum Gasteiger partial charge on any atom is 0.417 e. The molecule has 0 saturated carbocycles. The van der Waals surface area contributed by atoms with Crippen LogP contribution >= 0.6 is 11.6 Å². The quantitative estimate of drug-likeness (QED) is 0.789. The van der Waals surface area contributed by atoms with E-state index < -0.39 is 17.4 Å². The zero-order valence-corrected chi connectivity index (χ0v) is 10.4. The Labute approximate surface area is 110 Å². The van der Waals surface area contributed by atoms with Gasteiger partial charge in [0.05, 0.1) is 17.2 Å². The Morgan fingerprint density at radius 3 is 2.58 bits per heavy atom. The Morgan fingerprint density at radius 1 is 1.32 bits per heavy atom. The highest BCUT2D eigenvalue weighted by Gasteiger charge is 2.34. The summed E-state index contributed by atoms with van der Waals surface area (Å²) in [7, 11) is 0. The molecule has 1 heterocycles. The third-order valence-corrected chi connectivity index (χ3v) is 2.70. The van der Waals surface area contributed by atoms with E-state index in [4.69, 9.17) is 20.8 Å². The van der Waals surface area contributed by atoms with Crippen LogP contribution in [0.2, 0.25) is 5.02 Å². The first kappa shape index (κ1) is 13.7. The third kappa shape index (κ3) is 2.68. The molecular formula is C12H8ClF3O3. The summed E-state index contributed by atoms with van der Waals surface area (Å²) in [6.07, 6.45) is -4.66. The number of fused-ring (bicyclic) bond motifs is 1. The van der Waals surface area contributed by atoms with Crippen molar-refractivity contribution in [2.75, 3.05) is 6.61 Å². The molecule has 3 nitrogen and oxygen atoms in total. The molecule has 19 heavy (non-hydrogen) atoms. The van der Waals surface area contributed by atoms with Gasteiger partial charge < -0.3 is 9.15 Å². The summed E-state index contributed by atoms with van der Waals surface area (Å²) in [5.74, 6) is 0.166. The Hall–Kier alpha value is -1.69. The van der Waals surface area contributed by atoms with Crippen LogP contribution in [-0.2, 0) is 6.18 Å². The van der Waals surface area contributed by atoms with Gasteiger partial charge in [0, 0.05) is 17.5 Å². The second-order valence-corrected chi connectivity index (χ2v) is 4.10. The molecule has 2 rings (SSSR count). The molecule has 0 saturated heterocycles.